The zero-order valence-corrected chi connectivity index (χ0v) is 14.8. The molecule has 1 aliphatic rings. The zero-order valence-electron chi connectivity index (χ0n) is 13.2. The average molecular weight is 359 g/mol. The number of aromatic nitrogens is 2. The van der Waals surface area contributed by atoms with Gasteiger partial charge in [-0.05, 0) is 18.1 Å². The molecule has 0 amide bonds. The molecule has 2 aromatic heterocycles. The number of thiophene rings is 1. The lowest BCUT2D eigenvalue weighted by molar-refractivity contribution is 0.600. The Morgan fingerprint density at radius 3 is 2.71 bits per heavy atom. The van der Waals surface area contributed by atoms with E-state index < -0.39 is 9.84 Å². The van der Waals surface area contributed by atoms with Gasteiger partial charge in [-0.15, -0.1) is 11.3 Å². The highest BCUT2D eigenvalue weighted by atomic mass is 32.2. The minimum Gasteiger partial charge on any atom is -0.355 e. The van der Waals surface area contributed by atoms with Crippen molar-refractivity contribution >= 4 is 37.2 Å². The first-order chi connectivity index (χ1) is 11.5. The van der Waals surface area contributed by atoms with Gasteiger partial charge in [-0.25, -0.2) is 18.4 Å². The average Bonchev–Trinajstić information content (AvgIpc) is 3.17. The van der Waals surface area contributed by atoms with Crippen molar-refractivity contribution in [3.8, 4) is 10.4 Å². The molecule has 0 N–H and O–H groups in total. The van der Waals surface area contributed by atoms with Crippen molar-refractivity contribution in [2.75, 3.05) is 23.5 Å². The predicted molar refractivity (Wildman–Crippen MR) is 98.3 cm³/mol. The fourth-order valence-electron chi connectivity index (χ4n) is 3.12. The normalized spacial score (nSPS) is 19.6. The molecular formula is C17H17N3O2S2. The first kappa shape index (κ1) is 15.5. The minimum absolute atomic E-state index is 0.0202. The molecule has 1 fully saturated rings. The number of benzene rings is 1. The summed E-state index contributed by atoms with van der Waals surface area (Å²) in [5, 5.41) is 0.980. The first-order valence-corrected chi connectivity index (χ1v) is 10.4. The Labute approximate surface area is 144 Å². The molecule has 4 rings (SSSR count). The molecule has 0 bridgehead atoms. The molecule has 0 spiro atoms. The van der Waals surface area contributed by atoms with Gasteiger partial charge < -0.3 is 4.90 Å². The van der Waals surface area contributed by atoms with Crippen molar-refractivity contribution in [2.24, 2.45) is 0 Å². The fraction of sp³-hybridized carbons (Fsp3) is 0.294. The lowest BCUT2D eigenvalue weighted by Crippen LogP contribution is -2.33. The Morgan fingerprint density at radius 1 is 1.21 bits per heavy atom. The lowest BCUT2D eigenvalue weighted by Gasteiger charge is -2.24. The summed E-state index contributed by atoms with van der Waals surface area (Å²) in [6.45, 7) is 0. The van der Waals surface area contributed by atoms with Crippen LogP contribution in [0.5, 0.6) is 0 Å². The van der Waals surface area contributed by atoms with E-state index in [-0.39, 0.29) is 17.5 Å². The Hall–Kier alpha value is -1.99. The number of hydrogen-bond donors (Lipinski definition) is 0. The van der Waals surface area contributed by atoms with Crippen molar-refractivity contribution in [2.45, 2.75) is 12.5 Å². The topological polar surface area (TPSA) is 63.2 Å². The van der Waals surface area contributed by atoms with E-state index >= 15 is 0 Å². The second kappa shape index (κ2) is 5.82. The van der Waals surface area contributed by atoms with Crippen LogP contribution in [0.4, 0.5) is 5.82 Å². The molecule has 1 atom stereocenters. The molecule has 0 aliphatic carbocycles. The summed E-state index contributed by atoms with van der Waals surface area (Å²) in [4.78, 5) is 12.9. The molecule has 1 saturated heterocycles. The number of nitrogens with zero attached hydrogens (tertiary/aromatic N) is 3. The number of sulfone groups is 1. The summed E-state index contributed by atoms with van der Waals surface area (Å²) >= 11 is 1.63. The van der Waals surface area contributed by atoms with E-state index in [9.17, 15) is 8.42 Å². The van der Waals surface area contributed by atoms with Crippen molar-refractivity contribution in [3.05, 3.63) is 42.7 Å². The second-order valence-electron chi connectivity index (χ2n) is 6.06. The SMILES string of the molecule is CN(c1ncnc2sc(-c3ccccc3)cc12)[C@H]1CCS(=O)(=O)C1. The summed E-state index contributed by atoms with van der Waals surface area (Å²) < 4.78 is 23.5. The van der Waals surface area contributed by atoms with Crippen LogP contribution in [0.25, 0.3) is 20.7 Å². The maximum atomic E-state index is 11.8. The Kier molecular flexibility index (Phi) is 3.77. The maximum Gasteiger partial charge on any atom is 0.152 e. The summed E-state index contributed by atoms with van der Waals surface area (Å²) in [5.41, 5.74) is 1.15. The summed E-state index contributed by atoms with van der Waals surface area (Å²) in [5.74, 6) is 1.26. The molecule has 24 heavy (non-hydrogen) atoms. The third kappa shape index (κ3) is 2.78. The molecule has 3 aromatic rings. The summed E-state index contributed by atoms with van der Waals surface area (Å²) in [6, 6.07) is 12.3. The van der Waals surface area contributed by atoms with Gasteiger partial charge in [0.15, 0.2) is 9.84 Å². The molecule has 3 heterocycles. The van der Waals surface area contributed by atoms with Gasteiger partial charge >= 0.3 is 0 Å². The van der Waals surface area contributed by atoms with Gasteiger partial charge in [0.2, 0.25) is 0 Å². The molecule has 124 valence electrons. The lowest BCUT2D eigenvalue weighted by atomic mass is 10.1. The van der Waals surface area contributed by atoms with E-state index in [1.807, 2.05) is 30.1 Å². The van der Waals surface area contributed by atoms with Crippen molar-refractivity contribution in [1.29, 1.82) is 0 Å². The molecule has 1 aliphatic heterocycles. The van der Waals surface area contributed by atoms with Gasteiger partial charge in [-0.2, -0.15) is 0 Å². The second-order valence-corrected chi connectivity index (χ2v) is 9.32. The smallest absolute Gasteiger partial charge is 0.152 e. The Bertz CT molecular complexity index is 983. The van der Waals surface area contributed by atoms with E-state index in [2.05, 4.69) is 28.2 Å². The molecule has 0 saturated carbocycles. The Morgan fingerprint density at radius 2 is 2.00 bits per heavy atom. The van der Waals surface area contributed by atoms with Gasteiger partial charge in [0.25, 0.3) is 0 Å². The largest absolute Gasteiger partial charge is 0.355 e. The van der Waals surface area contributed by atoms with E-state index in [1.54, 1.807) is 17.7 Å². The van der Waals surface area contributed by atoms with Gasteiger partial charge in [0, 0.05) is 18.0 Å². The standard InChI is InChI=1S/C17H17N3O2S2/c1-20(13-7-8-24(21,22)10-13)16-14-9-15(12-5-3-2-4-6-12)23-17(14)19-11-18-16/h2-6,9,11,13H,7-8,10H2,1H3/t13-/m0/s1. The molecule has 0 radical (unpaired) electrons. The van der Waals surface area contributed by atoms with Crippen LogP contribution in [0.15, 0.2) is 42.7 Å². The molecular weight excluding hydrogens is 342 g/mol. The van der Waals surface area contributed by atoms with E-state index in [4.69, 9.17) is 0 Å². The van der Waals surface area contributed by atoms with Crippen molar-refractivity contribution in [3.63, 3.8) is 0 Å². The van der Waals surface area contributed by atoms with Crippen LogP contribution >= 0.6 is 11.3 Å². The van der Waals surface area contributed by atoms with Crippen molar-refractivity contribution < 1.29 is 8.42 Å². The Balaban J connectivity index is 1.75. The third-order valence-corrected chi connectivity index (χ3v) is 7.30. The number of fused-ring (bicyclic) bond motifs is 1. The molecule has 0 unspecified atom stereocenters. The van der Waals surface area contributed by atoms with Crippen LogP contribution in [0.3, 0.4) is 0 Å². The van der Waals surface area contributed by atoms with Gasteiger partial charge in [0.1, 0.15) is 17.0 Å². The van der Waals surface area contributed by atoms with E-state index in [0.29, 0.717) is 6.42 Å². The number of hydrogen-bond acceptors (Lipinski definition) is 6. The number of anilines is 1. The first-order valence-electron chi connectivity index (χ1n) is 7.77. The highest BCUT2D eigenvalue weighted by Gasteiger charge is 2.32. The van der Waals surface area contributed by atoms with Gasteiger partial charge in [-0.1, -0.05) is 30.3 Å². The van der Waals surface area contributed by atoms with Crippen LogP contribution in [-0.2, 0) is 9.84 Å². The van der Waals surface area contributed by atoms with Crippen LogP contribution in [0.1, 0.15) is 6.42 Å². The number of rotatable bonds is 3. The summed E-state index contributed by atoms with van der Waals surface area (Å²) in [6.07, 6.45) is 2.21. The minimum atomic E-state index is -2.92. The molecule has 5 nitrogen and oxygen atoms in total. The predicted octanol–water partition coefficient (Wildman–Crippen LogP) is 2.98. The van der Waals surface area contributed by atoms with E-state index in [1.165, 1.54) is 0 Å². The highest BCUT2D eigenvalue weighted by Crippen LogP contribution is 2.36. The summed E-state index contributed by atoms with van der Waals surface area (Å²) in [7, 11) is -0.998. The van der Waals surface area contributed by atoms with Crippen LogP contribution in [0, 0.1) is 0 Å². The maximum absolute atomic E-state index is 11.8. The third-order valence-electron chi connectivity index (χ3n) is 4.46. The van der Waals surface area contributed by atoms with Gasteiger partial charge in [0.05, 0.1) is 16.9 Å². The monoisotopic (exact) mass is 359 g/mol. The van der Waals surface area contributed by atoms with Crippen molar-refractivity contribution in [1.82, 2.24) is 9.97 Å². The van der Waals surface area contributed by atoms with Crippen LogP contribution < -0.4 is 4.90 Å². The molecule has 7 heteroatoms. The highest BCUT2D eigenvalue weighted by molar-refractivity contribution is 7.91. The van der Waals surface area contributed by atoms with E-state index in [0.717, 1.165) is 26.5 Å². The zero-order chi connectivity index (χ0) is 16.7. The van der Waals surface area contributed by atoms with Crippen LogP contribution in [-0.4, -0.2) is 43.0 Å². The van der Waals surface area contributed by atoms with Crippen LogP contribution in [0.2, 0.25) is 0 Å². The molecule has 1 aromatic carbocycles. The fourth-order valence-corrected chi connectivity index (χ4v) is 5.90. The quantitative estimate of drug-likeness (QED) is 0.719. The van der Waals surface area contributed by atoms with Gasteiger partial charge in [-0.3, -0.25) is 0 Å².